The Hall–Kier alpha value is -1.32. The molecule has 4 heteroatoms. The van der Waals surface area contributed by atoms with E-state index in [1.165, 1.54) is 25.7 Å². The maximum atomic E-state index is 5.76. The van der Waals surface area contributed by atoms with Gasteiger partial charge in [-0.25, -0.2) is 9.97 Å². The molecule has 0 bridgehead atoms. The molecule has 0 amide bonds. The van der Waals surface area contributed by atoms with Crippen molar-refractivity contribution in [2.75, 3.05) is 23.7 Å². The van der Waals surface area contributed by atoms with Crippen molar-refractivity contribution >= 4 is 11.6 Å². The van der Waals surface area contributed by atoms with Crippen LogP contribution in [0.3, 0.4) is 0 Å². The first-order valence-electron chi connectivity index (χ1n) is 6.55. The number of hydrogen-bond donors (Lipinski definition) is 1. The van der Waals surface area contributed by atoms with E-state index in [2.05, 4.69) is 21.8 Å². The lowest BCUT2D eigenvalue weighted by Gasteiger charge is -2.32. The number of nitrogen functional groups attached to an aromatic ring is 1. The molecule has 1 fully saturated rings. The number of aryl methyl sites for hydroxylation is 1. The maximum Gasteiger partial charge on any atom is 0.134 e. The highest BCUT2D eigenvalue weighted by Gasteiger charge is 2.19. The van der Waals surface area contributed by atoms with E-state index in [9.17, 15) is 0 Å². The number of nitrogens with zero attached hydrogens (tertiary/aromatic N) is 3. The van der Waals surface area contributed by atoms with Crippen molar-refractivity contribution in [1.29, 1.82) is 0 Å². The minimum absolute atomic E-state index is 0.572. The predicted molar refractivity (Wildman–Crippen MR) is 71.0 cm³/mol. The van der Waals surface area contributed by atoms with Crippen LogP contribution in [0.5, 0.6) is 0 Å². The van der Waals surface area contributed by atoms with E-state index in [-0.39, 0.29) is 0 Å². The zero-order chi connectivity index (χ0) is 12.3. The second-order valence-corrected chi connectivity index (χ2v) is 4.92. The van der Waals surface area contributed by atoms with E-state index >= 15 is 0 Å². The molecule has 4 nitrogen and oxygen atoms in total. The highest BCUT2D eigenvalue weighted by Crippen LogP contribution is 2.25. The average molecular weight is 234 g/mol. The third kappa shape index (κ3) is 3.08. The molecule has 0 aliphatic carbocycles. The summed E-state index contributed by atoms with van der Waals surface area (Å²) < 4.78 is 0. The van der Waals surface area contributed by atoms with Gasteiger partial charge in [0.25, 0.3) is 0 Å². The van der Waals surface area contributed by atoms with Crippen molar-refractivity contribution < 1.29 is 0 Å². The van der Waals surface area contributed by atoms with Gasteiger partial charge in [-0.1, -0.05) is 19.8 Å². The number of rotatable bonds is 3. The standard InChI is InChI=1S/C13H22N4/c1-3-4-11-5-7-17(8-6-11)13-9-12(14)15-10(2)16-13/h9,11H,3-8H2,1-2H3,(H2,14,15,16). The highest BCUT2D eigenvalue weighted by molar-refractivity contribution is 5.47. The van der Waals surface area contributed by atoms with Gasteiger partial charge in [-0.3, -0.25) is 0 Å². The van der Waals surface area contributed by atoms with Gasteiger partial charge in [-0.2, -0.15) is 0 Å². The van der Waals surface area contributed by atoms with Crippen LogP contribution in [0.15, 0.2) is 6.07 Å². The van der Waals surface area contributed by atoms with Crippen molar-refractivity contribution in [1.82, 2.24) is 9.97 Å². The number of aromatic nitrogens is 2. The first kappa shape index (κ1) is 12.1. The highest BCUT2D eigenvalue weighted by atomic mass is 15.2. The fourth-order valence-corrected chi connectivity index (χ4v) is 2.60. The molecule has 1 aliphatic rings. The molecule has 0 spiro atoms. The summed E-state index contributed by atoms with van der Waals surface area (Å²) in [4.78, 5) is 10.9. The van der Waals surface area contributed by atoms with Gasteiger partial charge in [0.1, 0.15) is 17.5 Å². The minimum Gasteiger partial charge on any atom is -0.384 e. The van der Waals surface area contributed by atoms with Crippen molar-refractivity contribution in [2.45, 2.75) is 39.5 Å². The van der Waals surface area contributed by atoms with E-state index in [0.717, 1.165) is 30.6 Å². The summed E-state index contributed by atoms with van der Waals surface area (Å²) >= 11 is 0. The van der Waals surface area contributed by atoms with Crippen LogP contribution >= 0.6 is 0 Å². The molecule has 0 unspecified atom stereocenters. The predicted octanol–water partition coefficient (Wildman–Crippen LogP) is 2.38. The zero-order valence-corrected chi connectivity index (χ0v) is 10.8. The van der Waals surface area contributed by atoms with Crippen LogP contribution in [0, 0.1) is 12.8 Å². The topological polar surface area (TPSA) is 55.0 Å². The molecule has 1 aliphatic heterocycles. The summed E-state index contributed by atoms with van der Waals surface area (Å²) in [7, 11) is 0. The van der Waals surface area contributed by atoms with Crippen LogP contribution in [-0.4, -0.2) is 23.1 Å². The average Bonchev–Trinajstić information content (AvgIpc) is 2.29. The van der Waals surface area contributed by atoms with Crippen LogP contribution in [-0.2, 0) is 0 Å². The van der Waals surface area contributed by atoms with Crippen LogP contribution in [0.1, 0.15) is 38.4 Å². The fourth-order valence-electron chi connectivity index (χ4n) is 2.60. The molecule has 1 aromatic heterocycles. The van der Waals surface area contributed by atoms with Crippen LogP contribution < -0.4 is 10.6 Å². The quantitative estimate of drug-likeness (QED) is 0.872. The molecule has 2 rings (SSSR count). The molecule has 1 saturated heterocycles. The summed E-state index contributed by atoms with van der Waals surface area (Å²) in [5.74, 6) is 3.22. The van der Waals surface area contributed by atoms with Crippen molar-refractivity contribution in [3.05, 3.63) is 11.9 Å². The Labute approximate surface area is 103 Å². The molecular formula is C13H22N4. The summed E-state index contributed by atoms with van der Waals surface area (Å²) in [6.07, 6.45) is 5.20. The van der Waals surface area contributed by atoms with Gasteiger partial charge in [0.2, 0.25) is 0 Å². The fraction of sp³-hybridized carbons (Fsp3) is 0.692. The molecule has 0 atom stereocenters. The molecule has 0 saturated carbocycles. The van der Waals surface area contributed by atoms with Gasteiger partial charge >= 0.3 is 0 Å². The number of nitrogens with two attached hydrogens (primary N) is 1. The van der Waals surface area contributed by atoms with E-state index < -0.39 is 0 Å². The Morgan fingerprint density at radius 2 is 2.06 bits per heavy atom. The number of anilines is 2. The van der Waals surface area contributed by atoms with Crippen LogP contribution in [0.2, 0.25) is 0 Å². The molecule has 0 aromatic carbocycles. The summed E-state index contributed by atoms with van der Waals surface area (Å²) in [6, 6.07) is 1.88. The lowest BCUT2D eigenvalue weighted by atomic mass is 9.92. The molecule has 17 heavy (non-hydrogen) atoms. The van der Waals surface area contributed by atoms with Gasteiger partial charge in [0, 0.05) is 19.2 Å². The molecule has 2 heterocycles. The largest absolute Gasteiger partial charge is 0.384 e. The first-order chi connectivity index (χ1) is 8.19. The van der Waals surface area contributed by atoms with Gasteiger partial charge in [-0.15, -0.1) is 0 Å². The van der Waals surface area contributed by atoms with Crippen LogP contribution in [0.25, 0.3) is 0 Å². The van der Waals surface area contributed by atoms with E-state index in [1.54, 1.807) is 0 Å². The summed E-state index contributed by atoms with van der Waals surface area (Å²) in [5.41, 5.74) is 5.76. The molecule has 94 valence electrons. The molecule has 1 aromatic rings. The Balaban J connectivity index is 2.00. The monoisotopic (exact) mass is 234 g/mol. The third-order valence-corrected chi connectivity index (χ3v) is 3.48. The third-order valence-electron chi connectivity index (χ3n) is 3.48. The Bertz CT molecular complexity index is 349. The lowest BCUT2D eigenvalue weighted by molar-refractivity contribution is 0.377. The molecule has 0 radical (unpaired) electrons. The Morgan fingerprint density at radius 1 is 1.35 bits per heavy atom. The normalized spacial score (nSPS) is 17.4. The minimum atomic E-state index is 0.572. The smallest absolute Gasteiger partial charge is 0.134 e. The van der Waals surface area contributed by atoms with Gasteiger partial charge in [-0.05, 0) is 25.7 Å². The molecule has 2 N–H and O–H groups in total. The second kappa shape index (κ2) is 5.34. The van der Waals surface area contributed by atoms with E-state index in [0.29, 0.717) is 5.82 Å². The van der Waals surface area contributed by atoms with Gasteiger partial charge in [0.05, 0.1) is 0 Å². The summed E-state index contributed by atoms with van der Waals surface area (Å²) in [5, 5.41) is 0. The van der Waals surface area contributed by atoms with Crippen molar-refractivity contribution in [2.24, 2.45) is 5.92 Å². The van der Waals surface area contributed by atoms with E-state index in [1.807, 2.05) is 13.0 Å². The van der Waals surface area contributed by atoms with Gasteiger partial charge < -0.3 is 10.6 Å². The number of piperidine rings is 1. The van der Waals surface area contributed by atoms with Crippen molar-refractivity contribution in [3.63, 3.8) is 0 Å². The Morgan fingerprint density at radius 3 is 2.65 bits per heavy atom. The zero-order valence-electron chi connectivity index (χ0n) is 10.8. The molecular weight excluding hydrogens is 212 g/mol. The lowest BCUT2D eigenvalue weighted by Crippen LogP contribution is -2.34. The maximum absolute atomic E-state index is 5.76. The summed E-state index contributed by atoms with van der Waals surface area (Å²) in [6.45, 7) is 6.35. The van der Waals surface area contributed by atoms with Crippen molar-refractivity contribution in [3.8, 4) is 0 Å². The number of hydrogen-bond acceptors (Lipinski definition) is 4. The SMILES string of the molecule is CCCC1CCN(c2cc(N)nc(C)n2)CC1. The van der Waals surface area contributed by atoms with E-state index in [4.69, 9.17) is 5.73 Å². The Kier molecular flexibility index (Phi) is 3.82. The second-order valence-electron chi connectivity index (χ2n) is 4.92. The van der Waals surface area contributed by atoms with Crippen LogP contribution in [0.4, 0.5) is 11.6 Å². The first-order valence-corrected chi connectivity index (χ1v) is 6.55. The van der Waals surface area contributed by atoms with Gasteiger partial charge in [0.15, 0.2) is 0 Å².